The van der Waals surface area contributed by atoms with E-state index in [1.807, 2.05) is 55.5 Å². The van der Waals surface area contributed by atoms with E-state index < -0.39 is 5.41 Å². The van der Waals surface area contributed by atoms with E-state index in [-0.39, 0.29) is 11.8 Å². The number of carbonyl (C=O) groups is 2. The maximum absolute atomic E-state index is 13.7. The van der Waals surface area contributed by atoms with Crippen LogP contribution in [-0.2, 0) is 15.0 Å². The third-order valence-corrected chi connectivity index (χ3v) is 7.94. The van der Waals surface area contributed by atoms with Gasteiger partial charge in [0.05, 0.1) is 5.41 Å². The number of hydrogen-bond donors (Lipinski definition) is 2. The van der Waals surface area contributed by atoms with Crippen LogP contribution in [0.2, 0.25) is 0 Å². The minimum atomic E-state index is -0.688. The van der Waals surface area contributed by atoms with Crippen LogP contribution >= 0.6 is 0 Å². The zero-order valence-electron chi connectivity index (χ0n) is 22.8. The van der Waals surface area contributed by atoms with Gasteiger partial charge in [-0.2, -0.15) is 0 Å². The van der Waals surface area contributed by atoms with E-state index >= 15 is 0 Å². The summed E-state index contributed by atoms with van der Waals surface area (Å²) in [4.78, 5) is 28.0. The van der Waals surface area contributed by atoms with Crippen LogP contribution in [0.3, 0.4) is 0 Å². The summed E-state index contributed by atoms with van der Waals surface area (Å²) < 4.78 is 0. The Morgan fingerprint density at radius 2 is 1.50 bits per heavy atom. The largest absolute Gasteiger partial charge is 0.355 e. The Bertz CT molecular complexity index is 1130. The normalized spacial score (nSPS) is 14.7. The second kappa shape index (κ2) is 13.4. The molecule has 1 aliphatic heterocycles. The Hall–Kier alpha value is -3.44. The molecule has 38 heavy (non-hydrogen) atoms. The first-order valence-corrected chi connectivity index (χ1v) is 14.1. The van der Waals surface area contributed by atoms with Gasteiger partial charge in [0, 0.05) is 18.7 Å². The van der Waals surface area contributed by atoms with Crippen LogP contribution in [0.5, 0.6) is 0 Å². The summed E-state index contributed by atoms with van der Waals surface area (Å²) >= 11 is 0. The molecular formula is C33H41N3O2. The molecule has 0 spiro atoms. The lowest BCUT2D eigenvalue weighted by molar-refractivity contribution is -0.125. The smallest absolute Gasteiger partial charge is 0.235 e. The number of piperidine rings is 1. The van der Waals surface area contributed by atoms with Crippen molar-refractivity contribution >= 4 is 17.5 Å². The summed E-state index contributed by atoms with van der Waals surface area (Å²) in [5.74, 6) is 0.644. The Morgan fingerprint density at radius 3 is 2.08 bits per heavy atom. The van der Waals surface area contributed by atoms with Gasteiger partial charge in [0.2, 0.25) is 11.8 Å². The zero-order valence-corrected chi connectivity index (χ0v) is 22.8. The Morgan fingerprint density at radius 1 is 0.868 bits per heavy atom. The maximum Gasteiger partial charge on any atom is 0.235 e. The monoisotopic (exact) mass is 511 g/mol. The van der Waals surface area contributed by atoms with Crippen molar-refractivity contribution in [1.29, 1.82) is 0 Å². The Balaban J connectivity index is 1.29. The molecule has 5 nitrogen and oxygen atoms in total. The second-order valence-corrected chi connectivity index (χ2v) is 10.2. The second-order valence-electron chi connectivity index (χ2n) is 10.2. The van der Waals surface area contributed by atoms with Crippen molar-refractivity contribution in [3.05, 3.63) is 102 Å². The van der Waals surface area contributed by atoms with Crippen molar-refractivity contribution in [2.75, 3.05) is 31.5 Å². The van der Waals surface area contributed by atoms with Crippen molar-refractivity contribution in [3.8, 4) is 0 Å². The highest BCUT2D eigenvalue weighted by atomic mass is 16.2. The number of likely N-dealkylation sites (tertiary alicyclic amines) is 1. The van der Waals surface area contributed by atoms with E-state index in [0.29, 0.717) is 25.3 Å². The lowest BCUT2D eigenvalue weighted by atomic mass is 9.71. The van der Waals surface area contributed by atoms with Crippen LogP contribution in [0.4, 0.5) is 5.69 Å². The fourth-order valence-electron chi connectivity index (χ4n) is 5.71. The average molecular weight is 512 g/mol. The van der Waals surface area contributed by atoms with Gasteiger partial charge < -0.3 is 15.5 Å². The van der Waals surface area contributed by atoms with Crippen molar-refractivity contribution in [2.24, 2.45) is 0 Å². The molecule has 2 amide bonds. The summed E-state index contributed by atoms with van der Waals surface area (Å²) in [6.45, 7) is 7.72. The molecule has 0 unspecified atom stereocenters. The quantitative estimate of drug-likeness (QED) is 0.305. The maximum atomic E-state index is 13.7. The van der Waals surface area contributed by atoms with Crippen molar-refractivity contribution in [3.63, 3.8) is 0 Å². The van der Waals surface area contributed by atoms with Gasteiger partial charge in [0.1, 0.15) is 0 Å². The molecule has 5 heteroatoms. The van der Waals surface area contributed by atoms with Gasteiger partial charge in [-0.3, -0.25) is 9.59 Å². The minimum Gasteiger partial charge on any atom is -0.355 e. The fraction of sp³-hybridized carbons (Fsp3) is 0.394. The molecule has 200 valence electrons. The molecule has 0 saturated carbocycles. The van der Waals surface area contributed by atoms with Crippen molar-refractivity contribution in [2.45, 2.75) is 57.3 Å². The number of anilines is 1. The predicted molar refractivity (Wildman–Crippen MR) is 155 cm³/mol. The number of nitrogens with one attached hydrogen (secondary N) is 2. The SMILES string of the molecule is CCC(=O)Nc1cccc(C2CCN(CCCNC(=O)C(CC)(c3ccccc3)c3ccccc3)CC2)c1. The number of hydrogen-bond acceptors (Lipinski definition) is 3. The van der Waals surface area contributed by atoms with Gasteiger partial charge in [-0.25, -0.2) is 0 Å². The highest BCUT2D eigenvalue weighted by Crippen LogP contribution is 2.36. The molecule has 1 aliphatic rings. The molecule has 1 fully saturated rings. The summed E-state index contributed by atoms with van der Waals surface area (Å²) in [6.07, 6.45) is 4.33. The molecule has 1 saturated heterocycles. The highest BCUT2D eigenvalue weighted by molar-refractivity contribution is 5.92. The minimum absolute atomic E-state index is 0.0489. The van der Waals surface area contributed by atoms with E-state index in [1.165, 1.54) is 5.56 Å². The molecular weight excluding hydrogens is 470 g/mol. The first kappa shape index (κ1) is 27.6. The van der Waals surface area contributed by atoms with Gasteiger partial charge in [0.25, 0.3) is 0 Å². The first-order valence-electron chi connectivity index (χ1n) is 14.1. The van der Waals surface area contributed by atoms with E-state index in [4.69, 9.17) is 0 Å². The number of amides is 2. The van der Waals surface area contributed by atoms with E-state index in [9.17, 15) is 9.59 Å². The summed E-state index contributed by atoms with van der Waals surface area (Å²) in [5, 5.41) is 6.25. The molecule has 4 rings (SSSR count). The molecule has 0 bridgehead atoms. The molecule has 3 aromatic carbocycles. The number of benzene rings is 3. The molecule has 1 heterocycles. The van der Waals surface area contributed by atoms with Gasteiger partial charge in [-0.05, 0) is 80.1 Å². The lowest BCUT2D eigenvalue weighted by Gasteiger charge is -2.34. The van der Waals surface area contributed by atoms with Crippen molar-refractivity contribution in [1.82, 2.24) is 10.2 Å². The molecule has 0 radical (unpaired) electrons. The first-order chi connectivity index (χ1) is 18.6. The number of rotatable bonds is 11. The van der Waals surface area contributed by atoms with Crippen LogP contribution < -0.4 is 10.6 Å². The van der Waals surface area contributed by atoms with Crippen LogP contribution in [0.25, 0.3) is 0 Å². The molecule has 0 aliphatic carbocycles. The van der Waals surface area contributed by atoms with Gasteiger partial charge >= 0.3 is 0 Å². The number of nitrogens with zero attached hydrogens (tertiary/aromatic N) is 1. The molecule has 0 atom stereocenters. The Kier molecular flexibility index (Phi) is 9.72. The highest BCUT2D eigenvalue weighted by Gasteiger charge is 2.40. The van der Waals surface area contributed by atoms with Crippen LogP contribution in [0.15, 0.2) is 84.9 Å². The van der Waals surface area contributed by atoms with Gasteiger partial charge in [-0.1, -0.05) is 86.6 Å². The van der Waals surface area contributed by atoms with Crippen LogP contribution in [-0.4, -0.2) is 42.9 Å². The zero-order chi connectivity index (χ0) is 26.8. The molecule has 2 N–H and O–H groups in total. The number of carbonyl (C=O) groups excluding carboxylic acids is 2. The van der Waals surface area contributed by atoms with Crippen molar-refractivity contribution < 1.29 is 9.59 Å². The fourth-order valence-corrected chi connectivity index (χ4v) is 5.71. The third kappa shape index (κ3) is 6.51. The Labute approximate surface area is 227 Å². The third-order valence-electron chi connectivity index (χ3n) is 7.94. The summed E-state index contributed by atoms with van der Waals surface area (Å²) in [7, 11) is 0. The van der Waals surface area contributed by atoms with Gasteiger partial charge in [0.15, 0.2) is 0 Å². The molecule has 3 aromatic rings. The standard InChI is InChI=1S/C33H41N3O2/c1-3-31(37)35-30-18-11-13-27(25-30)26-19-23-36(24-20-26)22-12-21-34-32(38)33(4-2,28-14-7-5-8-15-28)29-16-9-6-10-17-29/h5-11,13-18,25-26H,3-4,12,19-24H2,1-2H3,(H,34,38)(H,35,37). The average Bonchev–Trinajstić information content (AvgIpc) is 2.97. The summed E-state index contributed by atoms with van der Waals surface area (Å²) in [6, 6.07) is 28.6. The van der Waals surface area contributed by atoms with Crippen LogP contribution in [0, 0.1) is 0 Å². The molecule has 0 aromatic heterocycles. The van der Waals surface area contributed by atoms with E-state index in [2.05, 4.69) is 58.9 Å². The van der Waals surface area contributed by atoms with Gasteiger partial charge in [-0.15, -0.1) is 0 Å². The van der Waals surface area contributed by atoms with Crippen LogP contribution in [0.1, 0.15) is 68.6 Å². The lowest BCUT2D eigenvalue weighted by Crippen LogP contribution is -2.46. The van der Waals surface area contributed by atoms with E-state index in [1.54, 1.807) is 0 Å². The summed E-state index contributed by atoms with van der Waals surface area (Å²) in [5.41, 5.74) is 3.58. The predicted octanol–water partition coefficient (Wildman–Crippen LogP) is 6.12. The van der Waals surface area contributed by atoms with E-state index in [0.717, 1.165) is 55.7 Å². The topological polar surface area (TPSA) is 61.4 Å².